The highest BCUT2D eigenvalue weighted by atomic mass is 16.6. The summed E-state index contributed by atoms with van der Waals surface area (Å²) in [6, 6.07) is 6.86. The molecule has 2 rings (SSSR count). The molecular formula is C14H18N2O4. The molecule has 1 aromatic carbocycles. The van der Waals surface area contributed by atoms with Gasteiger partial charge in [0.1, 0.15) is 0 Å². The third-order valence-electron chi connectivity index (χ3n) is 3.87. The van der Waals surface area contributed by atoms with Crippen molar-refractivity contribution in [2.75, 3.05) is 0 Å². The minimum Gasteiger partial charge on any atom is -0.465 e. The van der Waals surface area contributed by atoms with Crippen molar-refractivity contribution in [2.45, 2.75) is 38.1 Å². The molecule has 0 aliphatic heterocycles. The lowest BCUT2D eigenvalue weighted by molar-refractivity contribution is -0.385. The van der Waals surface area contributed by atoms with Gasteiger partial charge in [0.05, 0.1) is 4.92 Å². The lowest BCUT2D eigenvalue weighted by atomic mass is 9.82. The van der Waals surface area contributed by atoms with E-state index in [9.17, 15) is 14.9 Å². The predicted molar refractivity (Wildman–Crippen MR) is 73.7 cm³/mol. The minimum absolute atomic E-state index is 0.0227. The number of benzene rings is 1. The summed E-state index contributed by atoms with van der Waals surface area (Å²) in [6.45, 7) is 0. The first kappa shape index (κ1) is 14.3. The second-order valence-corrected chi connectivity index (χ2v) is 5.26. The molecule has 0 spiro atoms. The highest BCUT2D eigenvalue weighted by molar-refractivity contribution is 5.64. The van der Waals surface area contributed by atoms with Gasteiger partial charge in [0.25, 0.3) is 5.69 Å². The third kappa shape index (κ3) is 3.69. The summed E-state index contributed by atoms with van der Waals surface area (Å²) in [4.78, 5) is 21.2. The number of nitro benzene ring substituents is 1. The number of hydrogen-bond donors (Lipinski definition) is 2. The molecule has 0 saturated heterocycles. The number of nitro groups is 1. The average Bonchev–Trinajstić information content (AvgIpc) is 2.41. The number of amides is 1. The van der Waals surface area contributed by atoms with Crippen LogP contribution in [0.5, 0.6) is 0 Å². The van der Waals surface area contributed by atoms with Gasteiger partial charge in [-0.1, -0.05) is 18.2 Å². The average molecular weight is 278 g/mol. The van der Waals surface area contributed by atoms with Gasteiger partial charge in [-0.25, -0.2) is 4.79 Å². The van der Waals surface area contributed by atoms with Crippen LogP contribution in [0.1, 0.15) is 31.2 Å². The molecule has 1 aliphatic rings. The quantitative estimate of drug-likeness (QED) is 0.654. The topological polar surface area (TPSA) is 92.5 Å². The van der Waals surface area contributed by atoms with E-state index in [0.717, 1.165) is 31.2 Å². The van der Waals surface area contributed by atoms with Gasteiger partial charge in [-0.2, -0.15) is 0 Å². The highest BCUT2D eigenvalue weighted by Crippen LogP contribution is 2.30. The van der Waals surface area contributed by atoms with Crippen LogP contribution in [0.15, 0.2) is 24.3 Å². The number of nitrogens with zero attached hydrogens (tertiary/aromatic N) is 1. The van der Waals surface area contributed by atoms with Crippen LogP contribution in [0.25, 0.3) is 0 Å². The molecular weight excluding hydrogens is 260 g/mol. The van der Waals surface area contributed by atoms with Crippen molar-refractivity contribution in [1.29, 1.82) is 0 Å². The van der Waals surface area contributed by atoms with Gasteiger partial charge in [-0.15, -0.1) is 0 Å². The van der Waals surface area contributed by atoms with Crippen molar-refractivity contribution < 1.29 is 14.8 Å². The SMILES string of the molecule is O=C(O)NC1CCC(Cc2ccccc2[N+](=O)[O-])CC1. The first-order chi connectivity index (χ1) is 9.56. The second kappa shape index (κ2) is 6.36. The number of hydrogen-bond acceptors (Lipinski definition) is 3. The summed E-state index contributed by atoms with van der Waals surface area (Å²) in [6.07, 6.45) is 3.12. The third-order valence-corrected chi connectivity index (χ3v) is 3.87. The van der Waals surface area contributed by atoms with Crippen LogP contribution in [-0.4, -0.2) is 22.2 Å². The zero-order valence-corrected chi connectivity index (χ0v) is 11.1. The van der Waals surface area contributed by atoms with Gasteiger partial charge in [-0.05, 0) is 38.0 Å². The molecule has 20 heavy (non-hydrogen) atoms. The van der Waals surface area contributed by atoms with E-state index in [-0.39, 0.29) is 16.7 Å². The molecule has 1 fully saturated rings. The van der Waals surface area contributed by atoms with Crippen molar-refractivity contribution in [3.63, 3.8) is 0 Å². The van der Waals surface area contributed by atoms with Crippen LogP contribution in [0.2, 0.25) is 0 Å². The van der Waals surface area contributed by atoms with Crippen molar-refractivity contribution in [2.24, 2.45) is 5.92 Å². The van der Waals surface area contributed by atoms with Gasteiger partial charge in [0.15, 0.2) is 0 Å². The molecule has 0 heterocycles. The number of carbonyl (C=O) groups is 1. The van der Waals surface area contributed by atoms with Crippen LogP contribution in [-0.2, 0) is 6.42 Å². The molecule has 2 N–H and O–H groups in total. The fourth-order valence-electron chi connectivity index (χ4n) is 2.86. The standard InChI is InChI=1S/C14H18N2O4/c17-14(18)15-12-7-5-10(6-8-12)9-11-3-1-2-4-13(11)16(19)20/h1-4,10,12,15H,5-9H2,(H,17,18). The van der Waals surface area contributed by atoms with E-state index < -0.39 is 6.09 Å². The molecule has 6 nitrogen and oxygen atoms in total. The maximum Gasteiger partial charge on any atom is 0.404 e. The fourth-order valence-corrected chi connectivity index (χ4v) is 2.86. The number of carboxylic acid groups (broad SMARTS) is 1. The number of para-hydroxylation sites is 1. The molecule has 0 atom stereocenters. The fraction of sp³-hybridized carbons (Fsp3) is 0.500. The van der Waals surface area contributed by atoms with Crippen LogP contribution in [0.4, 0.5) is 10.5 Å². The van der Waals surface area contributed by atoms with Crippen LogP contribution in [0, 0.1) is 16.0 Å². The molecule has 1 saturated carbocycles. The smallest absolute Gasteiger partial charge is 0.404 e. The Hall–Kier alpha value is -2.11. The van der Waals surface area contributed by atoms with Gasteiger partial charge >= 0.3 is 6.09 Å². The highest BCUT2D eigenvalue weighted by Gasteiger charge is 2.24. The molecule has 6 heteroatoms. The Kier molecular flexibility index (Phi) is 4.55. The van der Waals surface area contributed by atoms with E-state index >= 15 is 0 Å². The van der Waals surface area contributed by atoms with Gasteiger partial charge < -0.3 is 10.4 Å². The maximum atomic E-state index is 11.0. The zero-order valence-electron chi connectivity index (χ0n) is 11.1. The van der Waals surface area contributed by atoms with E-state index in [1.54, 1.807) is 12.1 Å². The van der Waals surface area contributed by atoms with Crippen LogP contribution in [0.3, 0.4) is 0 Å². The van der Waals surface area contributed by atoms with E-state index in [4.69, 9.17) is 5.11 Å². The Morgan fingerprint density at radius 1 is 1.30 bits per heavy atom. The summed E-state index contributed by atoms with van der Waals surface area (Å²) in [5, 5.41) is 22.1. The summed E-state index contributed by atoms with van der Waals surface area (Å²) in [5.74, 6) is 0.392. The van der Waals surface area contributed by atoms with Crippen molar-refractivity contribution in [1.82, 2.24) is 5.32 Å². The number of nitrogens with one attached hydrogen (secondary N) is 1. The molecule has 0 bridgehead atoms. The monoisotopic (exact) mass is 278 g/mol. The minimum atomic E-state index is -0.979. The van der Waals surface area contributed by atoms with Gasteiger partial charge in [0.2, 0.25) is 0 Å². The van der Waals surface area contributed by atoms with Crippen LogP contribution >= 0.6 is 0 Å². The van der Waals surface area contributed by atoms with Crippen molar-refractivity contribution >= 4 is 11.8 Å². The Morgan fingerprint density at radius 3 is 2.55 bits per heavy atom. The number of rotatable bonds is 4. The zero-order chi connectivity index (χ0) is 14.5. The molecule has 108 valence electrons. The van der Waals surface area contributed by atoms with Crippen LogP contribution < -0.4 is 5.32 Å². The van der Waals surface area contributed by atoms with Crippen molar-refractivity contribution in [3.05, 3.63) is 39.9 Å². The van der Waals surface area contributed by atoms with Gasteiger partial charge in [0, 0.05) is 17.7 Å². The Balaban J connectivity index is 1.93. The van der Waals surface area contributed by atoms with E-state index in [1.807, 2.05) is 6.07 Å². The summed E-state index contributed by atoms with van der Waals surface area (Å²) < 4.78 is 0. The largest absolute Gasteiger partial charge is 0.465 e. The van der Waals surface area contributed by atoms with Gasteiger partial charge in [-0.3, -0.25) is 10.1 Å². The Labute approximate surface area is 117 Å². The molecule has 0 aromatic heterocycles. The second-order valence-electron chi connectivity index (χ2n) is 5.26. The summed E-state index contributed by atoms with van der Waals surface area (Å²) in [5.41, 5.74) is 0.949. The maximum absolute atomic E-state index is 11.0. The Bertz CT molecular complexity index is 496. The summed E-state index contributed by atoms with van der Waals surface area (Å²) >= 11 is 0. The van der Waals surface area contributed by atoms with E-state index in [2.05, 4.69) is 5.32 Å². The molecule has 1 aromatic rings. The van der Waals surface area contributed by atoms with Crippen molar-refractivity contribution in [3.8, 4) is 0 Å². The lowest BCUT2D eigenvalue weighted by Gasteiger charge is -2.28. The molecule has 1 aliphatic carbocycles. The van der Waals surface area contributed by atoms with E-state index in [1.165, 1.54) is 6.07 Å². The first-order valence-electron chi connectivity index (χ1n) is 6.78. The predicted octanol–water partition coefficient (Wildman–Crippen LogP) is 2.96. The Morgan fingerprint density at radius 2 is 1.95 bits per heavy atom. The first-order valence-corrected chi connectivity index (χ1v) is 6.78. The van der Waals surface area contributed by atoms with E-state index in [0.29, 0.717) is 12.3 Å². The molecule has 0 radical (unpaired) electrons. The summed E-state index contributed by atoms with van der Waals surface area (Å²) in [7, 11) is 0. The lowest BCUT2D eigenvalue weighted by Crippen LogP contribution is -2.36. The molecule has 1 amide bonds. The normalized spacial score (nSPS) is 22.2. The molecule has 0 unspecified atom stereocenters.